The maximum absolute atomic E-state index is 11.8. The summed E-state index contributed by atoms with van der Waals surface area (Å²) in [6, 6.07) is 8.87. The second-order valence-corrected chi connectivity index (χ2v) is 15.2. The molecular formula is C49H90O14. The second-order valence-electron chi connectivity index (χ2n) is 15.2. The number of benzene rings is 1. The number of carbonyl (C=O) groups is 1. The molecule has 370 valence electrons. The molecule has 0 aliphatic rings. The summed E-state index contributed by atoms with van der Waals surface area (Å²) in [7, 11) is 0. The molecule has 0 aromatic heterocycles. The first-order valence-electron chi connectivity index (χ1n) is 24.5. The molecule has 14 heteroatoms. The first kappa shape index (κ1) is 59.2. The number of esters is 1. The molecule has 1 rings (SSSR count). The minimum Gasteiger partial charge on any atom is -0.460 e. The van der Waals surface area contributed by atoms with Crippen LogP contribution in [0, 0.1) is 0 Å². The van der Waals surface area contributed by atoms with E-state index in [4.69, 9.17) is 61.6 Å². The quantitative estimate of drug-likeness (QED) is 0.0458. The molecule has 0 amide bonds. The maximum atomic E-state index is 11.8. The van der Waals surface area contributed by atoms with E-state index in [1.165, 1.54) is 96.3 Å². The van der Waals surface area contributed by atoms with Gasteiger partial charge in [-0.25, -0.2) is 4.79 Å². The molecule has 1 aromatic rings. The van der Waals surface area contributed by atoms with Gasteiger partial charge < -0.3 is 61.6 Å². The van der Waals surface area contributed by atoms with Crippen molar-refractivity contribution in [3.05, 3.63) is 35.9 Å². The maximum Gasteiger partial charge on any atom is 0.338 e. The van der Waals surface area contributed by atoms with Gasteiger partial charge in [-0.05, 0) is 18.6 Å². The average molecular weight is 903 g/mol. The Labute approximate surface area is 382 Å². The molecule has 0 fully saturated rings. The zero-order valence-electron chi connectivity index (χ0n) is 39.6. The number of ether oxygens (including phenoxy) is 13. The molecule has 0 bridgehead atoms. The molecule has 0 saturated heterocycles. The molecule has 63 heavy (non-hydrogen) atoms. The van der Waals surface area contributed by atoms with Crippen LogP contribution in [0.5, 0.6) is 0 Å². The molecule has 0 radical (unpaired) electrons. The summed E-state index contributed by atoms with van der Waals surface area (Å²) >= 11 is 0. The standard InChI is InChI=1S/C49H90O14/c1-2-3-4-5-6-7-8-9-10-11-12-13-14-15-16-20-23-51-24-25-52-26-27-53-28-29-54-30-31-55-32-33-56-34-35-57-36-37-58-38-39-59-40-41-60-42-43-61-44-45-62-46-47-63-49(50)48-21-18-17-19-22-48/h17-19,21-22H,2-16,20,23-47H2,1H3. The van der Waals surface area contributed by atoms with Crippen LogP contribution in [0.3, 0.4) is 0 Å². The predicted octanol–water partition coefficient (Wildman–Crippen LogP) is 8.30. The van der Waals surface area contributed by atoms with E-state index in [0.29, 0.717) is 158 Å². The van der Waals surface area contributed by atoms with Crippen molar-refractivity contribution in [2.24, 2.45) is 0 Å². The summed E-state index contributed by atoms with van der Waals surface area (Å²) in [5, 5.41) is 0. The first-order valence-corrected chi connectivity index (χ1v) is 24.5. The van der Waals surface area contributed by atoms with Gasteiger partial charge >= 0.3 is 5.97 Å². The van der Waals surface area contributed by atoms with Crippen molar-refractivity contribution in [2.75, 3.05) is 165 Å². The van der Waals surface area contributed by atoms with Gasteiger partial charge in [0.1, 0.15) is 6.61 Å². The zero-order chi connectivity index (χ0) is 44.9. The molecule has 0 N–H and O–H groups in total. The number of hydrogen-bond acceptors (Lipinski definition) is 14. The van der Waals surface area contributed by atoms with E-state index in [0.717, 1.165) is 13.0 Å². The lowest BCUT2D eigenvalue weighted by Crippen LogP contribution is -2.15. The lowest BCUT2D eigenvalue weighted by molar-refractivity contribution is -0.0288. The van der Waals surface area contributed by atoms with Crippen LogP contribution in [0.4, 0.5) is 0 Å². The van der Waals surface area contributed by atoms with Crippen LogP contribution >= 0.6 is 0 Å². The molecule has 14 nitrogen and oxygen atoms in total. The minimum absolute atomic E-state index is 0.201. The van der Waals surface area contributed by atoms with Crippen molar-refractivity contribution in [3.63, 3.8) is 0 Å². The number of unbranched alkanes of at least 4 members (excludes halogenated alkanes) is 15. The fourth-order valence-corrected chi connectivity index (χ4v) is 6.12. The monoisotopic (exact) mass is 903 g/mol. The van der Waals surface area contributed by atoms with E-state index in [-0.39, 0.29) is 12.6 Å². The smallest absolute Gasteiger partial charge is 0.338 e. The summed E-state index contributed by atoms with van der Waals surface area (Å²) in [4.78, 5) is 11.8. The molecule has 0 aliphatic carbocycles. The van der Waals surface area contributed by atoms with Gasteiger partial charge in [-0.1, -0.05) is 121 Å². The Hall–Kier alpha value is -1.79. The van der Waals surface area contributed by atoms with E-state index in [1.807, 2.05) is 6.07 Å². The van der Waals surface area contributed by atoms with E-state index >= 15 is 0 Å². The van der Waals surface area contributed by atoms with Gasteiger partial charge in [-0.15, -0.1) is 0 Å². The van der Waals surface area contributed by atoms with Crippen molar-refractivity contribution in [3.8, 4) is 0 Å². The van der Waals surface area contributed by atoms with Gasteiger partial charge in [0.25, 0.3) is 0 Å². The number of carbonyl (C=O) groups excluding carboxylic acids is 1. The molecule has 0 atom stereocenters. The van der Waals surface area contributed by atoms with E-state index in [9.17, 15) is 4.79 Å². The van der Waals surface area contributed by atoms with Gasteiger partial charge in [0.2, 0.25) is 0 Å². The van der Waals surface area contributed by atoms with Crippen LogP contribution in [0.15, 0.2) is 30.3 Å². The minimum atomic E-state index is -0.355. The van der Waals surface area contributed by atoms with E-state index in [2.05, 4.69) is 6.92 Å². The van der Waals surface area contributed by atoms with Crippen LogP contribution in [-0.4, -0.2) is 171 Å². The van der Waals surface area contributed by atoms with Crippen LogP contribution < -0.4 is 0 Å². The Bertz CT molecular complexity index is 1010. The fraction of sp³-hybridized carbons (Fsp3) is 0.857. The topological polar surface area (TPSA) is 137 Å². The summed E-state index contributed by atoms with van der Waals surface area (Å²) in [5.41, 5.74) is 0.526. The second kappa shape index (κ2) is 52.8. The van der Waals surface area contributed by atoms with Gasteiger partial charge in [0.15, 0.2) is 0 Å². The summed E-state index contributed by atoms with van der Waals surface area (Å²) in [6.45, 7) is 14.9. The van der Waals surface area contributed by atoms with Crippen molar-refractivity contribution < 1.29 is 66.4 Å². The van der Waals surface area contributed by atoms with Crippen molar-refractivity contribution in [1.82, 2.24) is 0 Å². The average Bonchev–Trinajstić information content (AvgIpc) is 3.30. The van der Waals surface area contributed by atoms with Crippen LogP contribution in [0.2, 0.25) is 0 Å². The van der Waals surface area contributed by atoms with Gasteiger partial charge in [0, 0.05) is 6.61 Å². The van der Waals surface area contributed by atoms with Gasteiger partial charge in [-0.3, -0.25) is 0 Å². The Morgan fingerprint density at radius 1 is 0.286 bits per heavy atom. The van der Waals surface area contributed by atoms with Crippen molar-refractivity contribution in [1.29, 1.82) is 0 Å². The Morgan fingerprint density at radius 2 is 0.508 bits per heavy atom. The fourth-order valence-electron chi connectivity index (χ4n) is 6.12. The number of rotatable bonds is 54. The molecular weight excluding hydrogens is 813 g/mol. The largest absolute Gasteiger partial charge is 0.460 e. The van der Waals surface area contributed by atoms with Gasteiger partial charge in [0.05, 0.1) is 158 Å². The highest BCUT2D eigenvalue weighted by atomic mass is 16.6. The first-order chi connectivity index (χ1) is 31.3. The molecule has 0 heterocycles. The third-order valence-electron chi connectivity index (χ3n) is 9.70. The lowest BCUT2D eigenvalue weighted by Gasteiger charge is -2.09. The highest BCUT2D eigenvalue weighted by Gasteiger charge is 2.05. The predicted molar refractivity (Wildman–Crippen MR) is 246 cm³/mol. The van der Waals surface area contributed by atoms with Crippen LogP contribution in [-0.2, 0) is 61.6 Å². The van der Waals surface area contributed by atoms with Crippen molar-refractivity contribution in [2.45, 2.75) is 110 Å². The van der Waals surface area contributed by atoms with Gasteiger partial charge in [-0.2, -0.15) is 0 Å². The summed E-state index contributed by atoms with van der Waals surface area (Å²) in [6.07, 6.45) is 22.1. The highest BCUT2D eigenvalue weighted by Crippen LogP contribution is 2.14. The Morgan fingerprint density at radius 3 is 0.778 bits per heavy atom. The zero-order valence-corrected chi connectivity index (χ0v) is 39.6. The normalized spacial score (nSPS) is 11.5. The third kappa shape index (κ3) is 48.0. The molecule has 0 spiro atoms. The molecule has 1 aromatic carbocycles. The third-order valence-corrected chi connectivity index (χ3v) is 9.70. The SMILES string of the molecule is CCCCCCCCCCCCCCCCCCOCCOCCOCCOCCOCCOCCOCCOCCOCCOCCOCCOCCOC(=O)c1ccccc1. The lowest BCUT2D eigenvalue weighted by atomic mass is 10.0. The van der Waals surface area contributed by atoms with E-state index < -0.39 is 0 Å². The highest BCUT2D eigenvalue weighted by molar-refractivity contribution is 5.89. The van der Waals surface area contributed by atoms with Crippen LogP contribution in [0.1, 0.15) is 120 Å². The molecule has 0 aliphatic heterocycles. The Kier molecular flexibility index (Phi) is 49.7. The number of hydrogen-bond donors (Lipinski definition) is 0. The molecule has 0 unspecified atom stereocenters. The Balaban J connectivity index is 1.60. The van der Waals surface area contributed by atoms with Crippen molar-refractivity contribution >= 4 is 5.97 Å². The van der Waals surface area contributed by atoms with Crippen LogP contribution in [0.25, 0.3) is 0 Å². The molecule has 0 saturated carbocycles. The summed E-state index contributed by atoms with van der Waals surface area (Å²) in [5.74, 6) is -0.355. The van der Waals surface area contributed by atoms with E-state index in [1.54, 1.807) is 24.3 Å². The summed E-state index contributed by atoms with van der Waals surface area (Å²) < 4.78 is 71.5.